The third-order valence-corrected chi connectivity index (χ3v) is 3.94. The summed E-state index contributed by atoms with van der Waals surface area (Å²) in [5.74, 6) is -0.852. The zero-order chi connectivity index (χ0) is 16.8. The number of likely N-dealkylation sites (N-methyl/N-ethyl adjacent to an activating group) is 1. The van der Waals surface area contributed by atoms with E-state index < -0.39 is 11.9 Å². The molecule has 1 atom stereocenters. The third-order valence-electron chi connectivity index (χ3n) is 3.94. The first-order valence-electron chi connectivity index (χ1n) is 7.57. The quantitative estimate of drug-likeness (QED) is 0.748. The number of carbonyl (C=O) groups is 2. The molecule has 126 valence electrons. The first-order chi connectivity index (χ1) is 11.1. The van der Waals surface area contributed by atoms with Gasteiger partial charge >= 0.3 is 0 Å². The van der Waals surface area contributed by atoms with E-state index in [0.717, 1.165) is 0 Å². The molecule has 23 heavy (non-hydrogen) atoms. The summed E-state index contributed by atoms with van der Waals surface area (Å²) in [4.78, 5) is 27.5. The minimum absolute atomic E-state index is 0.142. The zero-order valence-corrected chi connectivity index (χ0v) is 13.4. The van der Waals surface area contributed by atoms with Gasteiger partial charge in [0, 0.05) is 27.2 Å². The Kier molecular flexibility index (Phi) is 6.06. The van der Waals surface area contributed by atoms with E-state index in [1.165, 1.54) is 15.9 Å². The van der Waals surface area contributed by atoms with Crippen molar-refractivity contribution in [3.63, 3.8) is 0 Å². The SMILES string of the molecule is COCCNCC(=O)N(C)[C@H]1CCN(c2ccccc2F)C1=O. The number of hydrogen-bond acceptors (Lipinski definition) is 4. The van der Waals surface area contributed by atoms with Gasteiger partial charge in [0.25, 0.3) is 0 Å². The van der Waals surface area contributed by atoms with Crippen LogP contribution in [0.1, 0.15) is 6.42 Å². The molecule has 1 aliphatic rings. The Bertz CT molecular complexity index is 567. The van der Waals surface area contributed by atoms with Crippen LogP contribution in [0.4, 0.5) is 10.1 Å². The van der Waals surface area contributed by atoms with Crippen LogP contribution < -0.4 is 10.2 Å². The highest BCUT2D eigenvalue weighted by atomic mass is 19.1. The molecule has 0 aliphatic carbocycles. The molecule has 0 radical (unpaired) electrons. The number of benzene rings is 1. The first kappa shape index (κ1) is 17.4. The van der Waals surface area contributed by atoms with Gasteiger partial charge in [0.15, 0.2) is 0 Å². The molecule has 1 heterocycles. The fraction of sp³-hybridized carbons (Fsp3) is 0.500. The molecule has 2 rings (SSSR count). The van der Waals surface area contributed by atoms with Gasteiger partial charge in [0.05, 0.1) is 18.8 Å². The van der Waals surface area contributed by atoms with Crippen molar-refractivity contribution in [2.24, 2.45) is 0 Å². The van der Waals surface area contributed by atoms with Gasteiger partial charge in [-0.3, -0.25) is 9.59 Å². The summed E-state index contributed by atoms with van der Waals surface area (Å²) in [5, 5.41) is 2.96. The zero-order valence-electron chi connectivity index (χ0n) is 13.4. The number of amides is 2. The van der Waals surface area contributed by atoms with Crippen molar-refractivity contribution in [2.45, 2.75) is 12.5 Å². The van der Waals surface area contributed by atoms with Gasteiger partial charge in [-0.2, -0.15) is 0 Å². The van der Waals surface area contributed by atoms with E-state index in [4.69, 9.17) is 4.74 Å². The van der Waals surface area contributed by atoms with Crippen molar-refractivity contribution in [1.82, 2.24) is 10.2 Å². The second-order valence-electron chi connectivity index (χ2n) is 5.42. The number of anilines is 1. The minimum Gasteiger partial charge on any atom is -0.383 e. The molecule has 0 bridgehead atoms. The van der Waals surface area contributed by atoms with E-state index in [-0.39, 0.29) is 24.0 Å². The van der Waals surface area contributed by atoms with Crippen molar-refractivity contribution in [3.05, 3.63) is 30.1 Å². The van der Waals surface area contributed by atoms with Crippen LogP contribution >= 0.6 is 0 Å². The smallest absolute Gasteiger partial charge is 0.249 e. The van der Waals surface area contributed by atoms with Crippen LogP contribution in [0.25, 0.3) is 0 Å². The lowest BCUT2D eigenvalue weighted by Crippen LogP contribution is -2.46. The van der Waals surface area contributed by atoms with Crippen LogP contribution in [0, 0.1) is 5.82 Å². The topological polar surface area (TPSA) is 61.9 Å². The Morgan fingerprint density at radius 1 is 1.48 bits per heavy atom. The van der Waals surface area contributed by atoms with E-state index in [2.05, 4.69) is 5.32 Å². The maximum atomic E-state index is 13.8. The van der Waals surface area contributed by atoms with E-state index in [9.17, 15) is 14.0 Å². The number of halogens is 1. The summed E-state index contributed by atoms with van der Waals surface area (Å²) >= 11 is 0. The number of carbonyl (C=O) groups excluding carboxylic acids is 2. The van der Waals surface area contributed by atoms with Gasteiger partial charge < -0.3 is 19.9 Å². The molecule has 1 aromatic rings. The third kappa shape index (κ3) is 4.05. The Balaban J connectivity index is 1.96. The standard InChI is InChI=1S/C16H22FN3O3/c1-19(15(21)11-18-8-10-23-2)14-7-9-20(16(14)22)13-6-4-3-5-12(13)17/h3-6,14,18H,7-11H2,1-2H3/t14-/m0/s1. The second kappa shape index (κ2) is 8.03. The molecule has 1 saturated heterocycles. The lowest BCUT2D eigenvalue weighted by Gasteiger charge is -2.24. The van der Waals surface area contributed by atoms with Crippen LogP contribution in [-0.2, 0) is 14.3 Å². The molecule has 6 nitrogen and oxygen atoms in total. The average molecular weight is 323 g/mol. The van der Waals surface area contributed by atoms with Gasteiger partial charge in [-0.1, -0.05) is 12.1 Å². The summed E-state index contributed by atoms with van der Waals surface area (Å²) in [6.07, 6.45) is 0.494. The maximum absolute atomic E-state index is 13.8. The molecule has 0 spiro atoms. The van der Waals surface area contributed by atoms with Crippen molar-refractivity contribution < 1.29 is 18.7 Å². The summed E-state index contributed by atoms with van der Waals surface area (Å²) < 4.78 is 18.7. The van der Waals surface area contributed by atoms with Gasteiger partial charge in [0.1, 0.15) is 11.9 Å². The van der Waals surface area contributed by atoms with Gasteiger partial charge in [-0.25, -0.2) is 4.39 Å². The number of nitrogens with zero attached hydrogens (tertiary/aromatic N) is 2. The highest BCUT2D eigenvalue weighted by molar-refractivity contribution is 6.01. The predicted octanol–water partition coefficient (Wildman–Crippen LogP) is 0.625. The highest BCUT2D eigenvalue weighted by Gasteiger charge is 2.37. The second-order valence-corrected chi connectivity index (χ2v) is 5.42. The molecular formula is C16H22FN3O3. The van der Waals surface area contributed by atoms with E-state index >= 15 is 0 Å². The van der Waals surface area contributed by atoms with Crippen LogP contribution in [0.2, 0.25) is 0 Å². The lowest BCUT2D eigenvalue weighted by molar-refractivity contribution is -0.136. The van der Waals surface area contributed by atoms with Crippen molar-refractivity contribution in [2.75, 3.05) is 45.3 Å². The van der Waals surface area contributed by atoms with Gasteiger partial charge in [-0.15, -0.1) is 0 Å². The lowest BCUT2D eigenvalue weighted by atomic mass is 10.2. The number of nitrogens with one attached hydrogen (secondary N) is 1. The average Bonchev–Trinajstić information content (AvgIpc) is 2.92. The normalized spacial score (nSPS) is 17.6. The van der Waals surface area contributed by atoms with Crippen molar-refractivity contribution >= 4 is 17.5 Å². The number of methoxy groups -OCH3 is 1. The number of rotatable bonds is 7. The van der Waals surface area contributed by atoms with Crippen LogP contribution in [0.3, 0.4) is 0 Å². The molecule has 1 fully saturated rings. The summed E-state index contributed by atoms with van der Waals surface area (Å²) in [6, 6.07) is 5.62. The Morgan fingerprint density at radius 3 is 2.91 bits per heavy atom. The molecule has 0 saturated carbocycles. The maximum Gasteiger partial charge on any atom is 0.249 e. The summed E-state index contributed by atoms with van der Waals surface area (Å²) in [6.45, 7) is 1.62. The van der Waals surface area contributed by atoms with Gasteiger partial charge in [0.2, 0.25) is 11.8 Å². The molecule has 1 N–H and O–H groups in total. The first-order valence-corrected chi connectivity index (χ1v) is 7.57. The molecule has 0 unspecified atom stereocenters. The largest absolute Gasteiger partial charge is 0.383 e. The Morgan fingerprint density at radius 2 is 2.22 bits per heavy atom. The number of ether oxygens (including phenoxy) is 1. The fourth-order valence-electron chi connectivity index (χ4n) is 2.60. The van der Waals surface area contributed by atoms with Crippen LogP contribution in [0.15, 0.2) is 24.3 Å². The fourth-order valence-corrected chi connectivity index (χ4v) is 2.60. The van der Waals surface area contributed by atoms with E-state index in [1.54, 1.807) is 32.4 Å². The van der Waals surface area contributed by atoms with E-state index in [1.807, 2.05) is 0 Å². The summed E-state index contributed by atoms with van der Waals surface area (Å²) in [7, 11) is 3.19. The highest BCUT2D eigenvalue weighted by Crippen LogP contribution is 2.26. The predicted molar refractivity (Wildman–Crippen MR) is 84.7 cm³/mol. The summed E-state index contributed by atoms with van der Waals surface area (Å²) in [5.41, 5.74) is 0.263. The van der Waals surface area contributed by atoms with Crippen molar-refractivity contribution in [1.29, 1.82) is 0 Å². The van der Waals surface area contributed by atoms with Crippen molar-refractivity contribution in [3.8, 4) is 0 Å². The number of hydrogen-bond donors (Lipinski definition) is 1. The Labute approximate surface area is 135 Å². The van der Waals surface area contributed by atoms with Gasteiger partial charge in [-0.05, 0) is 18.6 Å². The molecule has 0 aromatic heterocycles. The molecule has 2 amide bonds. The monoisotopic (exact) mass is 323 g/mol. The van der Waals surface area contributed by atoms with Crippen LogP contribution in [-0.4, -0.2) is 63.2 Å². The molecule has 1 aromatic carbocycles. The molecule has 1 aliphatic heterocycles. The molecular weight excluding hydrogens is 301 g/mol. The minimum atomic E-state index is -0.550. The van der Waals surface area contributed by atoms with Crippen LogP contribution in [0.5, 0.6) is 0 Å². The Hall–Kier alpha value is -1.99. The number of para-hydroxylation sites is 1. The van der Waals surface area contributed by atoms with E-state index in [0.29, 0.717) is 26.1 Å². The molecule has 7 heteroatoms.